The summed E-state index contributed by atoms with van der Waals surface area (Å²) in [5.41, 5.74) is 0.411. The Kier molecular flexibility index (Phi) is 17.0. The molecule has 4 N–H and O–H groups in total. The summed E-state index contributed by atoms with van der Waals surface area (Å²) >= 11 is 1.09. The van der Waals surface area contributed by atoms with E-state index in [0.717, 1.165) is 35.9 Å². The lowest BCUT2D eigenvalue weighted by atomic mass is 9.93. The van der Waals surface area contributed by atoms with Gasteiger partial charge >= 0.3 is 47.9 Å². The van der Waals surface area contributed by atoms with Gasteiger partial charge in [-0.1, -0.05) is 24.3 Å². The highest BCUT2D eigenvalue weighted by Crippen LogP contribution is 2.60. The Balaban J connectivity index is 2.04. The van der Waals surface area contributed by atoms with Gasteiger partial charge in [-0.05, 0) is 50.5 Å². The van der Waals surface area contributed by atoms with Crippen LogP contribution in [0.15, 0.2) is 41.9 Å². The molecule has 1 aromatic carbocycles. The normalized spacial score (nSPS) is 15.1. The Morgan fingerprint density at radius 1 is 0.797 bits per heavy atom. The molecule has 3 amide bonds. The first-order valence-corrected chi connectivity index (χ1v) is 19.1. The number of alkyl halides is 13. The minimum atomic E-state index is -7.97. The van der Waals surface area contributed by atoms with Crippen molar-refractivity contribution in [3.63, 3.8) is 0 Å². The van der Waals surface area contributed by atoms with Gasteiger partial charge in [-0.2, -0.15) is 68.8 Å². The fourth-order valence-corrected chi connectivity index (χ4v) is 6.43. The average Bonchev–Trinajstić information content (AvgIpc) is 3.52. The zero-order valence-electron chi connectivity index (χ0n) is 31.5. The summed E-state index contributed by atoms with van der Waals surface area (Å²) in [7, 11) is 1.11. The van der Waals surface area contributed by atoms with Crippen LogP contribution in [0, 0.1) is 0 Å². The van der Waals surface area contributed by atoms with Gasteiger partial charge < -0.3 is 30.4 Å². The van der Waals surface area contributed by atoms with Crippen molar-refractivity contribution in [2.75, 3.05) is 24.4 Å². The van der Waals surface area contributed by atoms with E-state index >= 15 is 0 Å². The van der Waals surface area contributed by atoms with Crippen molar-refractivity contribution in [1.29, 1.82) is 0 Å². The smallest absolute Gasteiger partial charge is 0.460 e. The number of H-pyrrole nitrogens is 1. The number of aromatic amines is 1. The van der Waals surface area contributed by atoms with Gasteiger partial charge in [0.05, 0.1) is 7.11 Å². The van der Waals surface area contributed by atoms with E-state index in [1.165, 1.54) is 33.1 Å². The molecule has 2 aromatic rings. The van der Waals surface area contributed by atoms with Crippen LogP contribution in [-0.2, 0) is 30.3 Å². The van der Waals surface area contributed by atoms with Crippen molar-refractivity contribution in [3.8, 4) is 0 Å². The van der Waals surface area contributed by atoms with Gasteiger partial charge in [0.2, 0.25) is 11.8 Å². The molecule has 0 aliphatic heterocycles. The second-order valence-corrected chi connectivity index (χ2v) is 15.7. The number of fused-ring (bicyclic) bond motifs is 1. The standard InChI is InChI=1S/C34H39F13N4O6S2/c1-18(24(52)50-22(26(54)56-5)15-19-16-48-21-10-7-6-9-20(19)21)49-25(53)23(51-27(55)57-28(2,3)4)17-59-13-8-12-58-14-11-29(35,36)30(37,38)31(39,40)32(41,42)33(43,44)34(45,46)47/h6-10,13,16,18,22-23,48H,11-12,14-15,17H2,1-5H3,(H,49,53)(H,50,52)(H,51,55)/b13-8+/t18-,22-,23-/m0/s1. The van der Waals surface area contributed by atoms with Crippen molar-refractivity contribution < 1.29 is 85.7 Å². The molecule has 2 rings (SSSR count). The molecule has 0 bridgehead atoms. The molecular formula is C34H39F13N4O6S2. The summed E-state index contributed by atoms with van der Waals surface area (Å²) < 4.78 is 183. The number of esters is 1. The maximum absolute atomic E-state index is 14.0. The van der Waals surface area contributed by atoms with Crippen LogP contribution in [0.4, 0.5) is 61.9 Å². The van der Waals surface area contributed by atoms with Gasteiger partial charge in [-0.25, -0.2) is 9.59 Å². The van der Waals surface area contributed by atoms with Crippen LogP contribution >= 0.6 is 23.5 Å². The summed E-state index contributed by atoms with van der Waals surface area (Å²) in [5.74, 6) is -41.6. The molecule has 0 fully saturated rings. The zero-order valence-corrected chi connectivity index (χ0v) is 33.1. The van der Waals surface area contributed by atoms with Crippen LogP contribution in [0.1, 0.15) is 39.7 Å². The van der Waals surface area contributed by atoms with Gasteiger partial charge in [-0.15, -0.1) is 11.8 Å². The van der Waals surface area contributed by atoms with E-state index in [2.05, 4.69) is 20.9 Å². The quantitative estimate of drug-likeness (QED) is 0.0599. The largest absolute Gasteiger partial charge is 0.467 e. The number of thioether (sulfide) groups is 2. The highest BCUT2D eigenvalue weighted by molar-refractivity contribution is 8.02. The van der Waals surface area contributed by atoms with E-state index in [-0.39, 0.29) is 17.9 Å². The summed E-state index contributed by atoms with van der Waals surface area (Å²) in [4.78, 5) is 54.4. The van der Waals surface area contributed by atoms with Crippen LogP contribution in [0.2, 0.25) is 0 Å². The number of para-hydroxylation sites is 1. The lowest BCUT2D eigenvalue weighted by molar-refractivity contribution is -0.439. The number of benzene rings is 1. The van der Waals surface area contributed by atoms with Crippen molar-refractivity contribution in [3.05, 3.63) is 47.5 Å². The van der Waals surface area contributed by atoms with Gasteiger partial charge in [0.25, 0.3) is 0 Å². The molecular weight excluding hydrogens is 872 g/mol. The Morgan fingerprint density at radius 3 is 1.97 bits per heavy atom. The fourth-order valence-electron chi connectivity index (χ4n) is 4.73. The second-order valence-electron chi connectivity index (χ2n) is 13.6. The van der Waals surface area contributed by atoms with Crippen molar-refractivity contribution >= 4 is 58.3 Å². The van der Waals surface area contributed by atoms with Crippen molar-refractivity contribution in [2.24, 2.45) is 0 Å². The molecule has 59 heavy (non-hydrogen) atoms. The Hall–Kier alpha value is -4.03. The number of carbonyl (C=O) groups excluding carboxylic acids is 4. The molecule has 0 saturated heterocycles. The molecule has 25 heteroatoms. The molecule has 0 radical (unpaired) electrons. The number of methoxy groups -OCH3 is 1. The Bertz CT molecular complexity index is 1800. The third kappa shape index (κ3) is 12.5. The number of rotatable bonds is 20. The van der Waals surface area contributed by atoms with Crippen LogP contribution in [-0.4, -0.2) is 113 Å². The molecule has 0 unspecified atom stereocenters. The number of hydrogen-bond donors (Lipinski definition) is 4. The van der Waals surface area contributed by atoms with Crippen molar-refractivity contribution in [2.45, 2.75) is 100 Å². The average molecular weight is 911 g/mol. The number of ether oxygens (including phenoxy) is 2. The van der Waals surface area contributed by atoms with Crippen LogP contribution < -0.4 is 16.0 Å². The minimum Gasteiger partial charge on any atom is -0.467 e. The maximum atomic E-state index is 14.0. The van der Waals surface area contributed by atoms with Crippen LogP contribution in [0.5, 0.6) is 0 Å². The van der Waals surface area contributed by atoms with Crippen molar-refractivity contribution in [1.82, 2.24) is 20.9 Å². The lowest BCUT2D eigenvalue weighted by Crippen LogP contribution is -2.70. The zero-order chi connectivity index (χ0) is 45.4. The number of aromatic nitrogens is 1. The highest BCUT2D eigenvalue weighted by Gasteiger charge is 2.90. The first-order valence-electron chi connectivity index (χ1n) is 16.9. The number of amides is 3. The Morgan fingerprint density at radius 2 is 1.39 bits per heavy atom. The number of carbonyl (C=O) groups is 4. The highest BCUT2D eigenvalue weighted by atomic mass is 32.2. The van der Waals surface area contributed by atoms with Gasteiger partial charge in [0.1, 0.15) is 23.7 Å². The number of hydrogen-bond acceptors (Lipinski definition) is 8. The summed E-state index contributed by atoms with van der Waals surface area (Å²) in [6, 6.07) is 3.22. The molecule has 0 aliphatic carbocycles. The van der Waals surface area contributed by atoms with E-state index in [4.69, 9.17) is 9.47 Å². The van der Waals surface area contributed by atoms with E-state index in [1.54, 1.807) is 30.5 Å². The molecule has 1 aromatic heterocycles. The van der Waals surface area contributed by atoms with Gasteiger partial charge in [0, 0.05) is 41.4 Å². The molecule has 0 spiro atoms. The monoisotopic (exact) mass is 910 g/mol. The summed E-state index contributed by atoms with van der Waals surface area (Å²) in [6.45, 7) is 5.82. The number of nitrogens with one attached hydrogen (secondary N) is 4. The number of halogens is 13. The van der Waals surface area contributed by atoms with E-state index in [9.17, 15) is 76.3 Å². The molecule has 0 aliphatic rings. The molecule has 10 nitrogen and oxygen atoms in total. The topological polar surface area (TPSA) is 139 Å². The maximum Gasteiger partial charge on any atom is 0.460 e. The first kappa shape index (κ1) is 51.1. The van der Waals surface area contributed by atoms with Crippen LogP contribution in [0.25, 0.3) is 10.9 Å². The Labute approximate surface area is 336 Å². The van der Waals surface area contributed by atoms with Gasteiger partial charge in [-0.3, -0.25) is 9.59 Å². The molecule has 3 atom stereocenters. The van der Waals surface area contributed by atoms with E-state index in [1.807, 2.05) is 0 Å². The third-order valence-electron chi connectivity index (χ3n) is 7.89. The second kappa shape index (κ2) is 19.6. The lowest BCUT2D eigenvalue weighted by Gasteiger charge is -2.39. The fraction of sp³-hybridized carbons (Fsp3) is 0.588. The third-order valence-corrected chi connectivity index (χ3v) is 9.72. The predicted octanol–water partition coefficient (Wildman–Crippen LogP) is 7.88. The van der Waals surface area contributed by atoms with Gasteiger partial charge in [0.15, 0.2) is 0 Å². The summed E-state index contributed by atoms with van der Waals surface area (Å²) in [5, 5.41) is 9.15. The molecule has 1 heterocycles. The van der Waals surface area contributed by atoms with Crippen LogP contribution in [0.3, 0.4) is 0 Å². The number of alkyl carbamates (subject to hydrolysis) is 1. The molecule has 0 saturated carbocycles. The van der Waals surface area contributed by atoms with E-state index < -0.39 is 95.6 Å². The predicted molar refractivity (Wildman–Crippen MR) is 191 cm³/mol. The molecule has 334 valence electrons. The summed E-state index contributed by atoms with van der Waals surface area (Å²) in [6.07, 6.45) is -8.11. The SMILES string of the molecule is COC(=O)[C@H](Cc1c[nH]c2ccccc12)NC(=O)[C@H](C)NC(=O)[C@H](CS/C=C/CSCCC(F)(F)C(F)(F)C(F)(F)C(F)(F)C(F)(F)C(F)(F)F)NC(=O)OC(C)(C)C. The first-order chi connectivity index (χ1) is 26.8. The van der Waals surface area contributed by atoms with E-state index in [0.29, 0.717) is 17.3 Å². The minimum absolute atomic E-state index is 0.00377.